The molecule has 3 rings (SSSR count). The molecule has 24 heavy (non-hydrogen) atoms. The molecule has 1 amide bonds. The van der Waals surface area contributed by atoms with Crippen molar-refractivity contribution in [3.63, 3.8) is 0 Å². The zero-order valence-corrected chi connectivity index (χ0v) is 15.1. The monoisotopic (exact) mass is 348 g/mol. The van der Waals surface area contributed by atoms with Crippen molar-refractivity contribution in [1.29, 1.82) is 0 Å². The van der Waals surface area contributed by atoms with Gasteiger partial charge in [0, 0.05) is 12.1 Å². The van der Waals surface area contributed by atoms with E-state index in [0.717, 1.165) is 30.2 Å². The molecule has 1 N–H and O–H groups in total. The van der Waals surface area contributed by atoms with E-state index in [9.17, 15) is 4.79 Å². The van der Waals surface area contributed by atoms with Crippen molar-refractivity contribution in [3.8, 4) is 0 Å². The normalized spacial score (nSPS) is 15.8. The van der Waals surface area contributed by atoms with Gasteiger partial charge in [-0.25, -0.2) is 0 Å². The molecule has 0 aliphatic carbocycles. The number of aryl methyl sites for hydroxylation is 2. The molecule has 1 unspecified atom stereocenters. The fourth-order valence-electron chi connectivity index (χ4n) is 3.09. The van der Waals surface area contributed by atoms with Gasteiger partial charge in [-0.2, -0.15) is 0 Å². The largest absolute Gasteiger partial charge is 0.465 e. The Labute approximate surface area is 149 Å². The average Bonchev–Trinajstić information content (AvgIpc) is 3.20. The topological polar surface area (TPSA) is 45.5 Å². The Bertz CT molecular complexity index is 660. The third kappa shape index (κ3) is 4.40. The molecular weight excluding hydrogens is 324 g/mol. The van der Waals surface area contributed by atoms with Gasteiger partial charge in [-0.15, -0.1) is 12.4 Å². The maximum Gasteiger partial charge on any atom is 0.251 e. The number of hydrogen-bond acceptors (Lipinski definition) is 3. The van der Waals surface area contributed by atoms with E-state index in [1.54, 1.807) is 0 Å². The fourth-order valence-corrected chi connectivity index (χ4v) is 3.09. The molecule has 1 aromatic heterocycles. The predicted molar refractivity (Wildman–Crippen MR) is 97.8 cm³/mol. The number of likely N-dealkylation sites (tertiary alicyclic amines) is 1. The molecule has 1 aliphatic rings. The van der Waals surface area contributed by atoms with Crippen LogP contribution in [0.4, 0.5) is 0 Å². The molecule has 0 radical (unpaired) electrons. The maximum atomic E-state index is 12.4. The van der Waals surface area contributed by atoms with Crippen molar-refractivity contribution in [2.75, 3.05) is 19.6 Å². The summed E-state index contributed by atoms with van der Waals surface area (Å²) in [4.78, 5) is 14.7. The first-order valence-corrected chi connectivity index (χ1v) is 8.29. The Morgan fingerprint density at radius 2 is 1.79 bits per heavy atom. The van der Waals surface area contributed by atoms with Crippen molar-refractivity contribution in [1.82, 2.24) is 10.2 Å². The van der Waals surface area contributed by atoms with E-state index in [-0.39, 0.29) is 24.4 Å². The fraction of sp³-hybridized carbons (Fsp3) is 0.421. The van der Waals surface area contributed by atoms with Crippen LogP contribution in [0.15, 0.2) is 40.8 Å². The maximum absolute atomic E-state index is 12.4. The lowest BCUT2D eigenvalue weighted by atomic mass is 10.1. The number of carbonyl (C=O) groups is 1. The summed E-state index contributed by atoms with van der Waals surface area (Å²) >= 11 is 0. The van der Waals surface area contributed by atoms with Crippen LogP contribution in [-0.4, -0.2) is 30.4 Å². The summed E-state index contributed by atoms with van der Waals surface area (Å²) in [6, 6.07) is 11.8. The highest BCUT2D eigenvalue weighted by atomic mass is 35.5. The van der Waals surface area contributed by atoms with Crippen molar-refractivity contribution >= 4 is 18.3 Å². The van der Waals surface area contributed by atoms with Gasteiger partial charge in [0.25, 0.3) is 5.91 Å². The average molecular weight is 349 g/mol. The summed E-state index contributed by atoms with van der Waals surface area (Å²) < 4.78 is 5.82. The molecule has 0 bridgehead atoms. The second kappa shape index (κ2) is 8.36. The Morgan fingerprint density at radius 3 is 2.38 bits per heavy atom. The van der Waals surface area contributed by atoms with Crippen molar-refractivity contribution in [2.24, 2.45) is 0 Å². The zero-order valence-electron chi connectivity index (χ0n) is 14.2. The second-order valence-electron chi connectivity index (χ2n) is 6.28. The number of nitrogens with zero attached hydrogens (tertiary/aromatic N) is 1. The smallest absolute Gasteiger partial charge is 0.251 e. The highest BCUT2D eigenvalue weighted by molar-refractivity contribution is 5.94. The minimum atomic E-state index is -0.0301. The van der Waals surface area contributed by atoms with Gasteiger partial charge in [0.1, 0.15) is 11.5 Å². The van der Waals surface area contributed by atoms with E-state index in [4.69, 9.17) is 4.42 Å². The van der Waals surface area contributed by atoms with Crippen LogP contribution in [0.25, 0.3) is 0 Å². The van der Waals surface area contributed by atoms with Gasteiger partial charge in [-0.1, -0.05) is 17.7 Å². The molecule has 4 nitrogen and oxygen atoms in total. The van der Waals surface area contributed by atoms with E-state index < -0.39 is 0 Å². The lowest BCUT2D eigenvalue weighted by Crippen LogP contribution is -2.36. The number of nitrogens with one attached hydrogen (secondary N) is 1. The van der Waals surface area contributed by atoms with E-state index in [1.165, 1.54) is 12.8 Å². The van der Waals surface area contributed by atoms with Crippen LogP contribution < -0.4 is 5.32 Å². The Kier molecular flexibility index (Phi) is 6.46. The Balaban J connectivity index is 0.00000208. The number of halogens is 1. The standard InChI is InChI=1S/C19H24N2O2.ClH/c1-14-5-8-16(9-6-14)19(22)20-13-17(21-11-3-4-12-21)18-10-7-15(2)23-18;/h5-10,17H,3-4,11-13H2,1-2H3,(H,20,22);1H. The number of benzene rings is 1. The van der Waals surface area contributed by atoms with Crippen molar-refractivity contribution in [3.05, 3.63) is 59.0 Å². The summed E-state index contributed by atoms with van der Waals surface area (Å²) in [6.45, 7) is 6.66. The molecule has 0 spiro atoms. The minimum Gasteiger partial charge on any atom is -0.465 e. The summed E-state index contributed by atoms with van der Waals surface area (Å²) in [5, 5.41) is 3.06. The summed E-state index contributed by atoms with van der Waals surface area (Å²) in [6.07, 6.45) is 2.42. The van der Waals surface area contributed by atoms with Crippen LogP contribution in [0.1, 0.15) is 46.3 Å². The summed E-state index contributed by atoms with van der Waals surface area (Å²) in [7, 11) is 0. The molecule has 130 valence electrons. The first-order chi connectivity index (χ1) is 11.1. The van der Waals surface area contributed by atoms with E-state index in [0.29, 0.717) is 12.1 Å². The third-order valence-electron chi connectivity index (χ3n) is 4.44. The van der Waals surface area contributed by atoms with E-state index in [2.05, 4.69) is 10.2 Å². The lowest BCUT2D eigenvalue weighted by molar-refractivity contribution is 0.0933. The van der Waals surface area contributed by atoms with Crippen LogP contribution in [0.5, 0.6) is 0 Å². The van der Waals surface area contributed by atoms with Crippen LogP contribution in [0.2, 0.25) is 0 Å². The van der Waals surface area contributed by atoms with E-state index in [1.807, 2.05) is 50.2 Å². The SMILES string of the molecule is Cc1ccc(C(=O)NCC(c2ccc(C)o2)N2CCCC2)cc1.Cl. The van der Waals surface area contributed by atoms with Gasteiger partial charge in [-0.05, 0) is 64.0 Å². The highest BCUT2D eigenvalue weighted by Gasteiger charge is 2.26. The Hall–Kier alpha value is -1.78. The zero-order chi connectivity index (χ0) is 16.2. The van der Waals surface area contributed by atoms with Gasteiger partial charge in [0.15, 0.2) is 0 Å². The van der Waals surface area contributed by atoms with Gasteiger partial charge in [-0.3, -0.25) is 9.69 Å². The number of carbonyl (C=O) groups excluding carboxylic acids is 1. The molecule has 1 fully saturated rings. The molecular formula is C19H25ClN2O2. The number of rotatable bonds is 5. The van der Waals surface area contributed by atoms with Gasteiger partial charge < -0.3 is 9.73 Å². The predicted octanol–water partition coefficient (Wildman–Crippen LogP) is 3.89. The number of furan rings is 1. The lowest BCUT2D eigenvalue weighted by Gasteiger charge is -2.26. The molecule has 1 aromatic carbocycles. The quantitative estimate of drug-likeness (QED) is 0.891. The molecule has 2 aromatic rings. The first-order valence-electron chi connectivity index (χ1n) is 8.29. The van der Waals surface area contributed by atoms with E-state index >= 15 is 0 Å². The van der Waals surface area contributed by atoms with Crippen LogP contribution in [-0.2, 0) is 0 Å². The number of hydrogen-bond donors (Lipinski definition) is 1. The second-order valence-corrected chi connectivity index (χ2v) is 6.28. The van der Waals surface area contributed by atoms with Crippen molar-refractivity contribution < 1.29 is 9.21 Å². The van der Waals surface area contributed by atoms with Crippen LogP contribution in [0.3, 0.4) is 0 Å². The highest BCUT2D eigenvalue weighted by Crippen LogP contribution is 2.26. The molecule has 1 atom stereocenters. The first kappa shape index (κ1) is 18.6. The molecule has 2 heterocycles. The summed E-state index contributed by atoms with van der Waals surface area (Å²) in [5.74, 6) is 1.82. The van der Waals surface area contributed by atoms with Crippen LogP contribution >= 0.6 is 12.4 Å². The minimum absolute atomic E-state index is 0. The molecule has 1 saturated heterocycles. The molecule has 1 aliphatic heterocycles. The number of amides is 1. The third-order valence-corrected chi connectivity index (χ3v) is 4.44. The molecule has 0 saturated carbocycles. The van der Waals surface area contributed by atoms with Gasteiger partial charge >= 0.3 is 0 Å². The Morgan fingerprint density at radius 1 is 1.12 bits per heavy atom. The summed E-state index contributed by atoms with van der Waals surface area (Å²) in [5.41, 5.74) is 1.86. The molecule has 5 heteroatoms. The van der Waals surface area contributed by atoms with Gasteiger partial charge in [0.2, 0.25) is 0 Å². The van der Waals surface area contributed by atoms with Crippen molar-refractivity contribution in [2.45, 2.75) is 32.7 Å². The van der Waals surface area contributed by atoms with Crippen LogP contribution in [0, 0.1) is 13.8 Å². The van der Waals surface area contributed by atoms with Gasteiger partial charge in [0.05, 0.1) is 6.04 Å².